The summed E-state index contributed by atoms with van der Waals surface area (Å²) < 4.78 is 5.43. The number of anilines is 2. The van der Waals surface area contributed by atoms with E-state index in [4.69, 9.17) is 16.3 Å². The van der Waals surface area contributed by atoms with Crippen molar-refractivity contribution in [2.24, 2.45) is 0 Å². The maximum absolute atomic E-state index is 12.7. The topological polar surface area (TPSA) is 44.8 Å². The van der Waals surface area contributed by atoms with Crippen molar-refractivity contribution in [1.29, 1.82) is 0 Å². The van der Waals surface area contributed by atoms with Gasteiger partial charge in [-0.1, -0.05) is 24.6 Å². The number of amides is 1. The van der Waals surface area contributed by atoms with E-state index in [9.17, 15) is 4.79 Å². The second-order valence-electron chi connectivity index (χ2n) is 6.47. The van der Waals surface area contributed by atoms with Crippen LogP contribution in [-0.2, 0) is 0 Å². The van der Waals surface area contributed by atoms with E-state index in [2.05, 4.69) is 22.0 Å². The maximum Gasteiger partial charge on any atom is 0.255 e. The fraction of sp³-hybridized carbons (Fsp3) is 0.381. The summed E-state index contributed by atoms with van der Waals surface area (Å²) in [5.41, 5.74) is 2.22. The van der Waals surface area contributed by atoms with Crippen molar-refractivity contribution in [3.8, 4) is 5.75 Å². The van der Waals surface area contributed by atoms with Crippen LogP contribution in [0.4, 0.5) is 11.4 Å². The van der Waals surface area contributed by atoms with Crippen LogP contribution in [0.25, 0.3) is 0 Å². The van der Waals surface area contributed by atoms with Gasteiger partial charge in [0.05, 0.1) is 23.0 Å². The number of halogens is 2. The number of para-hydroxylation sites is 1. The lowest BCUT2D eigenvalue weighted by atomic mass is 10.1. The number of ether oxygens (including phenoxy) is 1. The Bertz CT molecular complexity index is 776. The second-order valence-corrected chi connectivity index (χ2v) is 6.88. The largest absolute Gasteiger partial charge is 0.494 e. The van der Waals surface area contributed by atoms with Gasteiger partial charge in [0, 0.05) is 31.7 Å². The Morgan fingerprint density at radius 3 is 2.36 bits per heavy atom. The summed E-state index contributed by atoms with van der Waals surface area (Å²) in [5.74, 6) is 0.597. The Labute approximate surface area is 178 Å². The highest BCUT2D eigenvalue weighted by Crippen LogP contribution is 2.35. The molecule has 1 aliphatic heterocycles. The van der Waals surface area contributed by atoms with Gasteiger partial charge in [-0.3, -0.25) is 4.79 Å². The number of nitrogens with zero attached hydrogens (tertiary/aromatic N) is 2. The van der Waals surface area contributed by atoms with E-state index in [1.165, 1.54) is 0 Å². The summed E-state index contributed by atoms with van der Waals surface area (Å²) >= 11 is 6.49. The van der Waals surface area contributed by atoms with Crippen molar-refractivity contribution >= 4 is 41.3 Å². The molecule has 1 fully saturated rings. The van der Waals surface area contributed by atoms with Gasteiger partial charge in [-0.05, 0) is 49.9 Å². The average molecular weight is 424 g/mol. The normalized spacial score (nSPS) is 14.3. The summed E-state index contributed by atoms with van der Waals surface area (Å²) in [6, 6.07) is 12.8. The van der Waals surface area contributed by atoms with Crippen molar-refractivity contribution < 1.29 is 9.53 Å². The van der Waals surface area contributed by atoms with E-state index in [1.807, 2.05) is 25.1 Å². The third-order valence-corrected chi connectivity index (χ3v) is 5.10. The van der Waals surface area contributed by atoms with Gasteiger partial charge in [0.15, 0.2) is 0 Å². The third kappa shape index (κ3) is 5.31. The molecular weight excluding hydrogens is 397 g/mol. The van der Waals surface area contributed by atoms with Gasteiger partial charge in [0.25, 0.3) is 5.91 Å². The molecule has 0 unspecified atom stereocenters. The molecule has 1 heterocycles. The standard InChI is InChI=1S/C21H26ClN3O2.ClH/c1-3-24-12-14-25(15-13-24)20-18(22)6-5-7-19(20)23-21(26)16-8-10-17(11-9-16)27-4-2;/h5-11H,3-4,12-15H2,1-2H3,(H,23,26);1H. The minimum atomic E-state index is -0.159. The van der Waals surface area contributed by atoms with Crippen LogP contribution in [0.1, 0.15) is 24.2 Å². The Balaban J connectivity index is 0.00000280. The fourth-order valence-corrected chi connectivity index (χ4v) is 3.58. The van der Waals surface area contributed by atoms with Crippen LogP contribution in [0, 0.1) is 0 Å². The quantitative estimate of drug-likeness (QED) is 0.739. The molecule has 0 atom stereocenters. The minimum Gasteiger partial charge on any atom is -0.494 e. The molecule has 1 amide bonds. The van der Waals surface area contributed by atoms with Crippen LogP contribution in [0.3, 0.4) is 0 Å². The maximum atomic E-state index is 12.7. The first kappa shape index (κ1) is 22.3. The van der Waals surface area contributed by atoms with Gasteiger partial charge in [0.2, 0.25) is 0 Å². The Kier molecular flexibility index (Phi) is 8.42. The molecule has 1 saturated heterocycles. The molecule has 1 aliphatic rings. The van der Waals surface area contributed by atoms with E-state index < -0.39 is 0 Å². The van der Waals surface area contributed by atoms with E-state index in [-0.39, 0.29) is 18.3 Å². The number of nitrogens with one attached hydrogen (secondary N) is 1. The van der Waals surface area contributed by atoms with Gasteiger partial charge >= 0.3 is 0 Å². The van der Waals surface area contributed by atoms with Crippen LogP contribution in [0.5, 0.6) is 5.75 Å². The van der Waals surface area contributed by atoms with Gasteiger partial charge < -0.3 is 19.9 Å². The molecule has 0 aromatic heterocycles. The lowest BCUT2D eigenvalue weighted by Gasteiger charge is -2.36. The number of hydrogen-bond donors (Lipinski definition) is 1. The molecule has 2 aromatic rings. The van der Waals surface area contributed by atoms with Crippen molar-refractivity contribution in [2.75, 3.05) is 49.5 Å². The van der Waals surface area contributed by atoms with Gasteiger partial charge in [-0.15, -0.1) is 12.4 Å². The zero-order chi connectivity index (χ0) is 19.2. The summed E-state index contributed by atoms with van der Waals surface area (Å²) in [6.45, 7) is 9.53. The molecule has 152 valence electrons. The number of carbonyl (C=O) groups is 1. The summed E-state index contributed by atoms with van der Waals surface area (Å²) in [7, 11) is 0. The Hall–Kier alpha value is -1.95. The SMILES string of the molecule is CCOc1ccc(C(=O)Nc2cccc(Cl)c2N2CCN(CC)CC2)cc1.Cl. The number of benzene rings is 2. The first-order valence-electron chi connectivity index (χ1n) is 9.42. The molecule has 0 saturated carbocycles. The van der Waals surface area contributed by atoms with Crippen LogP contribution >= 0.6 is 24.0 Å². The zero-order valence-electron chi connectivity index (χ0n) is 16.3. The zero-order valence-corrected chi connectivity index (χ0v) is 17.9. The van der Waals surface area contributed by atoms with Crippen LogP contribution < -0.4 is 15.0 Å². The Morgan fingerprint density at radius 1 is 1.07 bits per heavy atom. The van der Waals surface area contributed by atoms with Gasteiger partial charge in [-0.25, -0.2) is 0 Å². The first-order chi connectivity index (χ1) is 13.1. The second kappa shape index (κ2) is 10.6. The number of rotatable bonds is 6. The number of piperazine rings is 1. The summed E-state index contributed by atoms with van der Waals surface area (Å²) in [5, 5.41) is 3.68. The van der Waals surface area contributed by atoms with E-state index in [0.29, 0.717) is 17.2 Å². The van der Waals surface area contributed by atoms with E-state index in [1.54, 1.807) is 24.3 Å². The first-order valence-corrected chi connectivity index (χ1v) is 9.80. The van der Waals surface area contributed by atoms with Crippen LogP contribution in [-0.4, -0.2) is 50.1 Å². The molecule has 0 spiro atoms. The molecule has 7 heteroatoms. The predicted octanol–water partition coefficient (Wildman–Crippen LogP) is 4.55. The van der Waals surface area contributed by atoms with Crippen molar-refractivity contribution in [3.05, 3.63) is 53.1 Å². The van der Waals surface area contributed by atoms with Crippen LogP contribution in [0.2, 0.25) is 5.02 Å². The number of likely N-dealkylation sites (N-methyl/N-ethyl adjacent to an activating group) is 1. The molecule has 0 aliphatic carbocycles. The molecule has 0 radical (unpaired) electrons. The molecular formula is C21H27Cl2N3O2. The molecule has 3 rings (SSSR count). The number of hydrogen-bond acceptors (Lipinski definition) is 4. The van der Waals surface area contributed by atoms with Gasteiger partial charge in [-0.2, -0.15) is 0 Å². The Morgan fingerprint density at radius 2 is 1.75 bits per heavy atom. The smallest absolute Gasteiger partial charge is 0.255 e. The fourth-order valence-electron chi connectivity index (χ4n) is 3.29. The monoisotopic (exact) mass is 423 g/mol. The van der Waals surface area contributed by atoms with Crippen molar-refractivity contribution in [1.82, 2.24) is 4.90 Å². The summed E-state index contributed by atoms with van der Waals surface area (Å²) in [4.78, 5) is 17.4. The van der Waals surface area contributed by atoms with Crippen molar-refractivity contribution in [3.63, 3.8) is 0 Å². The highest BCUT2D eigenvalue weighted by Gasteiger charge is 2.21. The molecule has 28 heavy (non-hydrogen) atoms. The van der Waals surface area contributed by atoms with Gasteiger partial charge in [0.1, 0.15) is 5.75 Å². The van der Waals surface area contributed by atoms with Crippen molar-refractivity contribution in [2.45, 2.75) is 13.8 Å². The molecule has 0 bridgehead atoms. The lowest BCUT2D eigenvalue weighted by Crippen LogP contribution is -2.46. The minimum absolute atomic E-state index is 0. The lowest BCUT2D eigenvalue weighted by molar-refractivity contribution is 0.102. The van der Waals surface area contributed by atoms with Crippen LogP contribution in [0.15, 0.2) is 42.5 Å². The average Bonchev–Trinajstić information content (AvgIpc) is 2.69. The predicted molar refractivity (Wildman–Crippen MR) is 119 cm³/mol. The van der Waals surface area contributed by atoms with E-state index in [0.717, 1.165) is 49.8 Å². The molecule has 1 N–H and O–H groups in total. The third-order valence-electron chi connectivity index (χ3n) is 4.80. The molecule has 5 nitrogen and oxygen atoms in total. The molecule has 2 aromatic carbocycles. The highest BCUT2D eigenvalue weighted by molar-refractivity contribution is 6.34. The summed E-state index contributed by atoms with van der Waals surface area (Å²) in [6.07, 6.45) is 0. The number of carbonyl (C=O) groups excluding carboxylic acids is 1. The van der Waals surface area contributed by atoms with E-state index >= 15 is 0 Å². The highest BCUT2D eigenvalue weighted by atomic mass is 35.5.